The molecule has 1 aromatic heterocycles. The van der Waals surface area contributed by atoms with Crippen LogP contribution in [0.1, 0.15) is 20.8 Å². The van der Waals surface area contributed by atoms with Gasteiger partial charge in [0.25, 0.3) is 0 Å². The fraction of sp³-hybridized carbons (Fsp3) is 0.273. The number of methoxy groups -OCH3 is 2. The summed E-state index contributed by atoms with van der Waals surface area (Å²) in [6.07, 6.45) is 1.72. The molecule has 5 nitrogen and oxygen atoms in total. The fourth-order valence-corrected chi connectivity index (χ4v) is 2.90. The van der Waals surface area contributed by atoms with Crippen LogP contribution in [0.3, 0.4) is 0 Å². The van der Waals surface area contributed by atoms with E-state index in [1.54, 1.807) is 20.4 Å². The van der Waals surface area contributed by atoms with Crippen molar-refractivity contribution in [3.05, 3.63) is 48.7 Å². The number of benzene rings is 2. The summed E-state index contributed by atoms with van der Waals surface area (Å²) >= 11 is 0. The summed E-state index contributed by atoms with van der Waals surface area (Å²) in [6.45, 7) is 5.67. The molecule has 0 bridgehead atoms. The Bertz CT molecular complexity index is 991. The SMILES string of the molecule is COc1cc(-c2ccccc2NC(=O)C(C)(C)C)c2cccnc2c1OC. The molecule has 0 unspecified atom stereocenters. The Balaban J connectivity index is 2.24. The van der Waals surface area contributed by atoms with Gasteiger partial charge in [-0.15, -0.1) is 0 Å². The van der Waals surface area contributed by atoms with Crippen molar-refractivity contribution in [1.29, 1.82) is 0 Å². The van der Waals surface area contributed by atoms with Gasteiger partial charge in [-0.1, -0.05) is 45.0 Å². The Morgan fingerprint density at radius 1 is 1.00 bits per heavy atom. The number of para-hydroxylation sites is 1. The van der Waals surface area contributed by atoms with Gasteiger partial charge in [0.1, 0.15) is 5.52 Å². The van der Waals surface area contributed by atoms with Crippen molar-refractivity contribution in [2.75, 3.05) is 19.5 Å². The van der Waals surface area contributed by atoms with Gasteiger partial charge < -0.3 is 14.8 Å². The Labute approximate surface area is 159 Å². The topological polar surface area (TPSA) is 60.5 Å². The fourth-order valence-electron chi connectivity index (χ4n) is 2.90. The van der Waals surface area contributed by atoms with Crippen molar-refractivity contribution < 1.29 is 14.3 Å². The maximum Gasteiger partial charge on any atom is 0.229 e. The minimum absolute atomic E-state index is 0.0437. The highest BCUT2D eigenvalue weighted by Crippen LogP contribution is 2.42. The molecule has 0 spiro atoms. The molecule has 0 saturated carbocycles. The van der Waals surface area contributed by atoms with Gasteiger partial charge in [0.15, 0.2) is 11.5 Å². The number of nitrogens with zero attached hydrogens (tertiary/aromatic N) is 1. The summed E-state index contributed by atoms with van der Waals surface area (Å²) in [5.74, 6) is 1.14. The number of aromatic nitrogens is 1. The summed E-state index contributed by atoms with van der Waals surface area (Å²) < 4.78 is 11.1. The lowest BCUT2D eigenvalue weighted by atomic mass is 9.94. The van der Waals surface area contributed by atoms with E-state index in [4.69, 9.17) is 9.47 Å². The average Bonchev–Trinajstić information content (AvgIpc) is 2.66. The van der Waals surface area contributed by atoms with Crippen LogP contribution in [-0.2, 0) is 4.79 Å². The second-order valence-corrected chi connectivity index (χ2v) is 7.31. The zero-order chi connectivity index (χ0) is 19.6. The molecule has 0 fully saturated rings. The first-order valence-electron chi connectivity index (χ1n) is 8.77. The highest BCUT2D eigenvalue weighted by atomic mass is 16.5. The third-order valence-electron chi connectivity index (χ3n) is 4.38. The van der Waals surface area contributed by atoms with E-state index in [0.717, 1.165) is 22.2 Å². The first kappa shape index (κ1) is 18.7. The van der Waals surface area contributed by atoms with Crippen LogP contribution in [0, 0.1) is 5.41 Å². The predicted octanol–water partition coefficient (Wildman–Crippen LogP) is 4.90. The molecule has 27 heavy (non-hydrogen) atoms. The third-order valence-corrected chi connectivity index (χ3v) is 4.38. The molecule has 1 amide bonds. The summed E-state index contributed by atoms with van der Waals surface area (Å²) in [6, 6.07) is 13.5. The van der Waals surface area contributed by atoms with Gasteiger partial charge in [0.2, 0.25) is 5.91 Å². The third kappa shape index (κ3) is 3.58. The smallest absolute Gasteiger partial charge is 0.229 e. The van der Waals surface area contributed by atoms with Crippen molar-refractivity contribution in [2.24, 2.45) is 5.41 Å². The van der Waals surface area contributed by atoms with Crippen LogP contribution in [0.15, 0.2) is 48.7 Å². The van der Waals surface area contributed by atoms with Crippen molar-refractivity contribution in [3.63, 3.8) is 0 Å². The van der Waals surface area contributed by atoms with E-state index in [1.807, 2.05) is 63.2 Å². The Hall–Kier alpha value is -3.08. The lowest BCUT2D eigenvalue weighted by Crippen LogP contribution is -2.27. The maximum absolute atomic E-state index is 12.5. The normalized spacial score (nSPS) is 11.3. The summed E-state index contributed by atoms with van der Waals surface area (Å²) in [4.78, 5) is 17.0. The van der Waals surface area contributed by atoms with Crippen molar-refractivity contribution in [2.45, 2.75) is 20.8 Å². The highest BCUT2D eigenvalue weighted by Gasteiger charge is 2.23. The number of carbonyl (C=O) groups is 1. The first-order chi connectivity index (χ1) is 12.9. The van der Waals surface area contributed by atoms with E-state index in [-0.39, 0.29) is 5.91 Å². The molecule has 0 aliphatic rings. The van der Waals surface area contributed by atoms with Gasteiger partial charge in [0, 0.05) is 28.2 Å². The molecule has 3 rings (SSSR count). The lowest BCUT2D eigenvalue weighted by molar-refractivity contribution is -0.123. The average molecular weight is 364 g/mol. The van der Waals surface area contributed by atoms with Crippen molar-refractivity contribution in [1.82, 2.24) is 4.98 Å². The maximum atomic E-state index is 12.5. The molecular weight excluding hydrogens is 340 g/mol. The molecule has 3 aromatic rings. The summed E-state index contributed by atoms with van der Waals surface area (Å²) in [5.41, 5.74) is 2.78. The number of ether oxygens (including phenoxy) is 2. The zero-order valence-electron chi connectivity index (χ0n) is 16.3. The number of carbonyl (C=O) groups excluding carboxylic acids is 1. The molecule has 5 heteroatoms. The van der Waals surface area contributed by atoms with Crippen LogP contribution < -0.4 is 14.8 Å². The minimum Gasteiger partial charge on any atom is -0.493 e. The molecule has 1 N–H and O–H groups in total. The van der Waals surface area contributed by atoms with Crippen molar-refractivity contribution >= 4 is 22.5 Å². The van der Waals surface area contributed by atoms with Crippen LogP contribution in [0.2, 0.25) is 0 Å². The van der Waals surface area contributed by atoms with E-state index >= 15 is 0 Å². The van der Waals surface area contributed by atoms with Gasteiger partial charge in [-0.2, -0.15) is 0 Å². The number of hydrogen-bond acceptors (Lipinski definition) is 4. The number of rotatable bonds is 4. The van der Waals surface area contributed by atoms with Crippen molar-refractivity contribution in [3.8, 4) is 22.6 Å². The predicted molar refractivity (Wildman–Crippen MR) is 108 cm³/mol. The van der Waals surface area contributed by atoms with Crippen LogP contribution in [0.4, 0.5) is 5.69 Å². The van der Waals surface area contributed by atoms with Gasteiger partial charge in [-0.05, 0) is 23.8 Å². The summed E-state index contributed by atoms with van der Waals surface area (Å²) in [5, 5.41) is 3.97. The Kier molecular flexibility index (Phi) is 5.04. The Morgan fingerprint density at radius 3 is 2.41 bits per heavy atom. The zero-order valence-corrected chi connectivity index (χ0v) is 16.3. The number of nitrogens with one attached hydrogen (secondary N) is 1. The first-order valence-corrected chi connectivity index (χ1v) is 8.77. The largest absolute Gasteiger partial charge is 0.493 e. The second kappa shape index (κ2) is 7.27. The number of pyridine rings is 1. The molecule has 0 aliphatic heterocycles. The van der Waals surface area contributed by atoms with Gasteiger partial charge in [-0.25, -0.2) is 0 Å². The standard InChI is InChI=1S/C22H24N2O3/c1-22(2,3)21(25)24-17-11-7-6-9-14(17)16-13-18(26-4)20(27-5)19-15(16)10-8-12-23-19/h6-13H,1-5H3,(H,24,25). The van der Waals surface area contributed by atoms with Crippen LogP contribution in [0.25, 0.3) is 22.0 Å². The van der Waals surface area contributed by atoms with E-state index in [2.05, 4.69) is 10.3 Å². The minimum atomic E-state index is -0.492. The lowest BCUT2D eigenvalue weighted by Gasteiger charge is -2.20. The number of amides is 1. The van der Waals surface area contributed by atoms with Crippen LogP contribution >= 0.6 is 0 Å². The Morgan fingerprint density at radius 2 is 1.74 bits per heavy atom. The van der Waals surface area contributed by atoms with Gasteiger partial charge >= 0.3 is 0 Å². The van der Waals surface area contributed by atoms with Gasteiger partial charge in [0.05, 0.1) is 14.2 Å². The van der Waals surface area contributed by atoms with E-state index in [1.165, 1.54) is 0 Å². The number of anilines is 1. The molecule has 2 aromatic carbocycles. The monoisotopic (exact) mass is 364 g/mol. The van der Waals surface area contributed by atoms with Gasteiger partial charge in [-0.3, -0.25) is 9.78 Å². The van der Waals surface area contributed by atoms with Crippen LogP contribution in [0.5, 0.6) is 11.5 Å². The highest BCUT2D eigenvalue weighted by molar-refractivity contribution is 6.05. The molecular formula is C22H24N2O3. The van der Waals surface area contributed by atoms with E-state index in [0.29, 0.717) is 17.0 Å². The molecule has 0 saturated heterocycles. The molecule has 0 radical (unpaired) electrons. The molecule has 1 heterocycles. The van der Waals surface area contributed by atoms with E-state index < -0.39 is 5.41 Å². The summed E-state index contributed by atoms with van der Waals surface area (Å²) in [7, 11) is 3.20. The second-order valence-electron chi connectivity index (χ2n) is 7.31. The number of fused-ring (bicyclic) bond motifs is 1. The quantitative estimate of drug-likeness (QED) is 0.715. The molecule has 0 atom stereocenters. The van der Waals surface area contributed by atoms with Crippen LogP contribution in [-0.4, -0.2) is 25.1 Å². The van der Waals surface area contributed by atoms with E-state index in [9.17, 15) is 4.79 Å². The number of hydrogen-bond donors (Lipinski definition) is 1. The molecule has 140 valence electrons. The molecule has 0 aliphatic carbocycles.